The summed E-state index contributed by atoms with van der Waals surface area (Å²) in [5.74, 6) is -0.462. The lowest BCUT2D eigenvalue weighted by Gasteiger charge is -2.24. The molecule has 2 N–H and O–H groups in total. The summed E-state index contributed by atoms with van der Waals surface area (Å²) in [5, 5.41) is 13.8. The number of amides is 2. The van der Waals surface area contributed by atoms with Crippen molar-refractivity contribution in [2.45, 2.75) is 38.6 Å². The molecular formula is C29H32N2O4. The van der Waals surface area contributed by atoms with Crippen LogP contribution in [0, 0.1) is 5.92 Å². The van der Waals surface area contributed by atoms with Crippen molar-refractivity contribution in [3.63, 3.8) is 0 Å². The van der Waals surface area contributed by atoms with Gasteiger partial charge in [-0.2, -0.15) is 0 Å². The summed E-state index contributed by atoms with van der Waals surface area (Å²) in [7, 11) is 0. The normalized spacial score (nSPS) is 13.1. The maximum absolute atomic E-state index is 12.9. The van der Waals surface area contributed by atoms with Crippen LogP contribution in [0.1, 0.15) is 42.9 Å². The Balaban J connectivity index is 1.38. The second-order valence-corrected chi connectivity index (χ2v) is 9.35. The van der Waals surface area contributed by atoms with Gasteiger partial charge in [0.15, 0.2) is 0 Å². The monoisotopic (exact) mass is 472 g/mol. The van der Waals surface area contributed by atoms with Crippen LogP contribution in [0.3, 0.4) is 0 Å². The number of carbonyl (C=O) groups is 2. The molecule has 0 saturated carbocycles. The molecule has 2 amide bonds. The fraction of sp³-hybridized carbons (Fsp3) is 0.310. The summed E-state index contributed by atoms with van der Waals surface area (Å²) in [4.78, 5) is 25.7. The number of hydrogen-bond donors (Lipinski definition) is 2. The fourth-order valence-electron chi connectivity index (χ4n) is 4.64. The van der Waals surface area contributed by atoms with Crippen molar-refractivity contribution in [3.8, 4) is 11.1 Å². The lowest BCUT2D eigenvalue weighted by atomic mass is 9.98. The summed E-state index contributed by atoms with van der Waals surface area (Å²) < 4.78 is 5.61. The van der Waals surface area contributed by atoms with Gasteiger partial charge in [-0.15, -0.1) is 0 Å². The first-order valence-corrected chi connectivity index (χ1v) is 12.1. The van der Waals surface area contributed by atoms with Gasteiger partial charge < -0.3 is 10.1 Å². The zero-order chi connectivity index (χ0) is 24.8. The molecule has 0 bridgehead atoms. The van der Waals surface area contributed by atoms with Gasteiger partial charge in [0.25, 0.3) is 5.91 Å². The molecule has 1 atom stereocenters. The van der Waals surface area contributed by atoms with Gasteiger partial charge in [0.2, 0.25) is 0 Å². The molecule has 1 aliphatic carbocycles. The number of nitrogens with one attached hydrogen (secondary N) is 1. The van der Waals surface area contributed by atoms with E-state index in [1.54, 1.807) is 0 Å². The summed E-state index contributed by atoms with van der Waals surface area (Å²) in [6.07, 6.45) is 0.246. The Bertz CT molecular complexity index is 1120. The molecule has 0 fully saturated rings. The highest BCUT2D eigenvalue weighted by Crippen LogP contribution is 2.44. The van der Waals surface area contributed by atoms with Gasteiger partial charge in [-0.05, 0) is 46.6 Å². The minimum atomic E-state index is -0.869. The fourth-order valence-corrected chi connectivity index (χ4v) is 4.64. The van der Waals surface area contributed by atoms with E-state index >= 15 is 0 Å². The third-order valence-electron chi connectivity index (χ3n) is 6.35. The Labute approximate surface area is 206 Å². The lowest BCUT2D eigenvalue weighted by molar-refractivity contribution is -0.167. The number of fused-ring (bicyclic) bond motifs is 3. The molecule has 6 nitrogen and oxygen atoms in total. The van der Waals surface area contributed by atoms with Gasteiger partial charge in [-0.3, -0.25) is 10.0 Å². The summed E-state index contributed by atoms with van der Waals surface area (Å²) in [5.41, 5.74) is 5.57. The van der Waals surface area contributed by atoms with Crippen molar-refractivity contribution in [1.82, 2.24) is 10.4 Å². The quantitative estimate of drug-likeness (QED) is 0.323. The highest BCUT2D eigenvalue weighted by molar-refractivity contribution is 5.85. The molecule has 0 radical (unpaired) electrons. The van der Waals surface area contributed by atoms with Gasteiger partial charge >= 0.3 is 6.09 Å². The van der Waals surface area contributed by atoms with E-state index in [-0.39, 0.29) is 25.0 Å². The lowest BCUT2D eigenvalue weighted by Crippen LogP contribution is -2.49. The Kier molecular flexibility index (Phi) is 7.83. The topological polar surface area (TPSA) is 78.9 Å². The highest BCUT2D eigenvalue weighted by Gasteiger charge is 2.30. The first-order valence-electron chi connectivity index (χ1n) is 12.1. The third kappa shape index (κ3) is 5.89. The molecule has 3 aromatic rings. The summed E-state index contributed by atoms with van der Waals surface area (Å²) >= 11 is 0. The number of benzene rings is 3. The van der Waals surface area contributed by atoms with Crippen molar-refractivity contribution in [1.29, 1.82) is 0 Å². The van der Waals surface area contributed by atoms with E-state index in [0.717, 1.165) is 27.8 Å². The molecule has 182 valence electrons. The summed E-state index contributed by atoms with van der Waals surface area (Å²) in [6.45, 7) is 4.24. The van der Waals surface area contributed by atoms with Crippen LogP contribution < -0.4 is 5.32 Å². The Hall–Kier alpha value is -3.64. The number of hydrogen-bond acceptors (Lipinski definition) is 4. The standard InChI is InChI=1S/C29H32N2O4/c1-20(2)18-27(28(32)31(34)17-16-21-10-4-3-5-11-21)30-29(33)35-19-26-24-14-8-6-12-22(24)23-13-7-9-15-25(23)26/h3-15,20,26-27,34H,16-19H2,1-2H3,(H,30,33)/t27-/m1/s1. The minimum absolute atomic E-state index is 0.0624. The van der Waals surface area contributed by atoms with Gasteiger partial charge in [-0.1, -0.05) is 92.7 Å². The zero-order valence-corrected chi connectivity index (χ0v) is 20.2. The van der Waals surface area contributed by atoms with Crippen LogP contribution in [0.5, 0.6) is 0 Å². The SMILES string of the molecule is CC(C)C[C@@H](NC(=O)OCC1c2ccccc2-c2ccccc21)C(=O)N(O)CCc1ccccc1. The van der Waals surface area contributed by atoms with Crippen LogP contribution >= 0.6 is 0 Å². The second-order valence-electron chi connectivity index (χ2n) is 9.35. The van der Waals surface area contributed by atoms with Crippen molar-refractivity contribution in [2.75, 3.05) is 13.2 Å². The van der Waals surface area contributed by atoms with E-state index in [0.29, 0.717) is 17.9 Å². The van der Waals surface area contributed by atoms with E-state index in [9.17, 15) is 14.8 Å². The van der Waals surface area contributed by atoms with Gasteiger partial charge in [0.1, 0.15) is 12.6 Å². The van der Waals surface area contributed by atoms with E-state index < -0.39 is 18.0 Å². The smallest absolute Gasteiger partial charge is 0.407 e. The molecule has 1 aliphatic rings. The number of rotatable bonds is 9. The average Bonchev–Trinajstić information content (AvgIpc) is 3.19. The minimum Gasteiger partial charge on any atom is -0.449 e. The van der Waals surface area contributed by atoms with Crippen molar-refractivity contribution < 1.29 is 19.5 Å². The van der Waals surface area contributed by atoms with Crippen LogP contribution in [0.2, 0.25) is 0 Å². The van der Waals surface area contributed by atoms with Gasteiger partial charge in [0, 0.05) is 5.92 Å². The molecule has 6 heteroatoms. The predicted molar refractivity (Wildman–Crippen MR) is 135 cm³/mol. The molecule has 0 aliphatic heterocycles. The van der Waals surface area contributed by atoms with Crippen LogP contribution in [-0.4, -0.2) is 41.5 Å². The molecule has 0 aromatic heterocycles. The predicted octanol–water partition coefficient (Wildman–Crippen LogP) is 5.40. The van der Waals surface area contributed by atoms with Crippen molar-refractivity contribution >= 4 is 12.0 Å². The molecule has 0 saturated heterocycles. The number of ether oxygens (including phenoxy) is 1. The van der Waals surface area contributed by atoms with E-state index in [4.69, 9.17) is 4.74 Å². The molecule has 0 spiro atoms. The second kappa shape index (κ2) is 11.2. The van der Waals surface area contributed by atoms with E-state index in [1.165, 1.54) is 0 Å². The van der Waals surface area contributed by atoms with Crippen molar-refractivity contribution in [3.05, 3.63) is 95.6 Å². The van der Waals surface area contributed by atoms with E-state index in [1.807, 2.05) is 68.4 Å². The molecule has 35 heavy (non-hydrogen) atoms. The first kappa shape index (κ1) is 24.5. The highest BCUT2D eigenvalue weighted by atomic mass is 16.5. The average molecular weight is 473 g/mol. The molecule has 4 rings (SSSR count). The molecular weight excluding hydrogens is 440 g/mol. The van der Waals surface area contributed by atoms with Crippen LogP contribution in [0.4, 0.5) is 4.79 Å². The third-order valence-corrected chi connectivity index (χ3v) is 6.35. The number of hydroxylamine groups is 2. The van der Waals surface area contributed by atoms with Crippen LogP contribution in [0.25, 0.3) is 11.1 Å². The molecule has 3 aromatic carbocycles. The van der Waals surface area contributed by atoms with Gasteiger partial charge in [0.05, 0.1) is 6.54 Å². The largest absolute Gasteiger partial charge is 0.449 e. The Morgan fingerprint density at radius 2 is 1.49 bits per heavy atom. The first-order chi connectivity index (χ1) is 16.9. The number of alkyl carbamates (subject to hydrolysis) is 1. The molecule has 0 heterocycles. The number of nitrogens with zero attached hydrogens (tertiary/aromatic N) is 1. The zero-order valence-electron chi connectivity index (χ0n) is 20.2. The maximum atomic E-state index is 12.9. The Morgan fingerprint density at radius 1 is 0.914 bits per heavy atom. The molecule has 0 unspecified atom stereocenters. The summed E-state index contributed by atoms with van der Waals surface area (Å²) in [6, 6.07) is 25.0. The van der Waals surface area contributed by atoms with Gasteiger partial charge in [-0.25, -0.2) is 9.86 Å². The van der Waals surface area contributed by atoms with Crippen LogP contribution in [0.15, 0.2) is 78.9 Å². The van der Waals surface area contributed by atoms with Crippen molar-refractivity contribution in [2.24, 2.45) is 5.92 Å². The Morgan fingerprint density at radius 3 is 2.09 bits per heavy atom. The van der Waals surface area contributed by atoms with Crippen LogP contribution in [-0.2, 0) is 16.0 Å². The maximum Gasteiger partial charge on any atom is 0.407 e. The number of carbonyl (C=O) groups excluding carboxylic acids is 2. The van der Waals surface area contributed by atoms with E-state index in [2.05, 4.69) is 29.6 Å².